The van der Waals surface area contributed by atoms with Crippen molar-refractivity contribution < 1.29 is 37.5 Å². The van der Waals surface area contributed by atoms with Gasteiger partial charge in [0.05, 0.1) is 0 Å². The van der Waals surface area contributed by atoms with E-state index in [1.54, 1.807) is 48.5 Å². The molecule has 0 radical (unpaired) electrons. The average molecular weight is 353 g/mol. The summed E-state index contributed by atoms with van der Waals surface area (Å²) < 4.78 is 0. The molecule has 0 amide bonds. The van der Waals surface area contributed by atoms with Crippen molar-refractivity contribution in [2.75, 3.05) is 0 Å². The zero-order valence-electron chi connectivity index (χ0n) is 10.3. The second kappa shape index (κ2) is 7.67. The molecule has 0 aliphatic rings. The van der Waals surface area contributed by atoms with E-state index in [4.69, 9.17) is 0 Å². The molecule has 2 rings (SSSR count). The second-order valence-corrected chi connectivity index (χ2v) is 3.53. The van der Waals surface area contributed by atoms with E-state index in [9.17, 15) is 10.2 Å². The average Bonchev–Trinajstić information content (AvgIpc) is 2.38. The number of aromatic hydroxyl groups is 2. The third kappa shape index (κ3) is 4.47. The van der Waals surface area contributed by atoms with Gasteiger partial charge in [0.1, 0.15) is 22.9 Å². The van der Waals surface area contributed by atoms with Crippen molar-refractivity contribution in [3.8, 4) is 11.5 Å². The number of phenols is 2. The van der Waals surface area contributed by atoms with Crippen LogP contribution in [0.4, 0.5) is 11.4 Å². The summed E-state index contributed by atoms with van der Waals surface area (Å²) in [5, 5.41) is 18.9. The van der Waals surface area contributed by atoms with Gasteiger partial charge in [0.15, 0.2) is 0 Å². The Morgan fingerprint density at radius 3 is 1.42 bits per heavy atom. The van der Waals surface area contributed by atoms with E-state index in [2.05, 4.69) is 9.98 Å². The van der Waals surface area contributed by atoms with Gasteiger partial charge in [-0.05, 0) is 24.3 Å². The van der Waals surface area contributed by atoms with E-state index in [0.717, 1.165) is 0 Å². The predicted octanol–water partition coefficient (Wildman–Crippen LogP) is 3.20. The fourth-order valence-corrected chi connectivity index (χ4v) is 1.37. The minimum Gasteiger partial charge on any atom is -0.506 e. The molecular formula is C14H12CdN2O2+2. The number of rotatable bonds is 3. The van der Waals surface area contributed by atoms with Gasteiger partial charge >= 0.3 is 27.3 Å². The molecule has 2 N–H and O–H groups in total. The molecular weight excluding hydrogens is 341 g/mol. The quantitative estimate of drug-likeness (QED) is 0.658. The Hall–Kier alpha value is -1.70. The second-order valence-electron chi connectivity index (χ2n) is 3.53. The molecule has 0 unspecified atom stereocenters. The molecule has 0 saturated heterocycles. The fraction of sp³-hybridized carbons (Fsp3) is 0. The van der Waals surface area contributed by atoms with Gasteiger partial charge in [-0.15, -0.1) is 0 Å². The Bertz CT molecular complexity index is 544. The molecule has 90 valence electrons. The van der Waals surface area contributed by atoms with Crippen LogP contribution in [0.15, 0.2) is 58.5 Å². The summed E-state index contributed by atoms with van der Waals surface area (Å²) in [4.78, 5) is 8.09. The van der Waals surface area contributed by atoms with Crippen molar-refractivity contribution in [1.82, 2.24) is 0 Å². The van der Waals surface area contributed by atoms with E-state index < -0.39 is 0 Å². The van der Waals surface area contributed by atoms with E-state index in [-0.39, 0.29) is 38.8 Å². The molecule has 5 heteroatoms. The Balaban J connectivity index is 0.00000180. The molecule has 0 atom stereocenters. The summed E-state index contributed by atoms with van der Waals surface area (Å²) in [5.74, 6) is 0.231. The molecule has 0 spiro atoms. The molecule has 0 fully saturated rings. The maximum Gasteiger partial charge on any atom is 2.00 e. The molecule has 0 bridgehead atoms. The summed E-state index contributed by atoms with van der Waals surface area (Å²) in [7, 11) is 0. The van der Waals surface area contributed by atoms with E-state index in [1.165, 1.54) is 12.4 Å². The zero-order chi connectivity index (χ0) is 12.8. The van der Waals surface area contributed by atoms with Crippen molar-refractivity contribution in [3.63, 3.8) is 0 Å². The van der Waals surface area contributed by atoms with Crippen molar-refractivity contribution in [3.05, 3.63) is 48.5 Å². The molecule has 0 aliphatic carbocycles. The Morgan fingerprint density at radius 1 is 0.684 bits per heavy atom. The van der Waals surface area contributed by atoms with E-state index in [0.29, 0.717) is 11.4 Å². The molecule has 4 nitrogen and oxygen atoms in total. The summed E-state index contributed by atoms with van der Waals surface area (Å²) in [6.07, 6.45) is 2.92. The number of hydrogen-bond acceptors (Lipinski definition) is 4. The Labute approximate surface area is 131 Å². The van der Waals surface area contributed by atoms with Crippen LogP contribution in [0.1, 0.15) is 0 Å². The van der Waals surface area contributed by atoms with Crippen LogP contribution in [-0.2, 0) is 27.3 Å². The van der Waals surface area contributed by atoms with Gasteiger partial charge in [-0.25, -0.2) is 0 Å². The van der Waals surface area contributed by atoms with Crippen molar-refractivity contribution >= 4 is 23.8 Å². The largest absolute Gasteiger partial charge is 2.00 e. The fourth-order valence-electron chi connectivity index (χ4n) is 1.37. The summed E-state index contributed by atoms with van der Waals surface area (Å²) in [6, 6.07) is 13.5. The van der Waals surface area contributed by atoms with Gasteiger partial charge in [-0.1, -0.05) is 24.3 Å². The third-order valence-electron chi connectivity index (χ3n) is 2.26. The molecule has 2 aromatic carbocycles. The zero-order valence-corrected chi connectivity index (χ0v) is 14.3. The number of benzene rings is 2. The van der Waals surface area contributed by atoms with Gasteiger partial charge in [-0.2, -0.15) is 0 Å². The van der Waals surface area contributed by atoms with E-state index in [1.807, 2.05) is 0 Å². The minimum atomic E-state index is 0. The van der Waals surface area contributed by atoms with Crippen LogP contribution in [0.5, 0.6) is 11.5 Å². The van der Waals surface area contributed by atoms with Crippen LogP contribution in [0, 0.1) is 0 Å². The summed E-state index contributed by atoms with van der Waals surface area (Å²) in [6.45, 7) is 0. The first-order valence-electron chi connectivity index (χ1n) is 5.40. The van der Waals surface area contributed by atoms with Gasteiger partial charge in [0.25, 0.3) is 0 Å². The third-order valence-corrected chi connectivity index (χ3v) is 2.26. The van der Waals surface area contributed by atoms with Crippen LogP contribution >= 0.6 is 0 Å². The Morgan fingerprint density at radius 2 is 1.05 bits per heavy atom. The summed E-state index contributed by atoms with van der Waals surface area (Å²) in [5.41, 5.74) is 0.947. The van der Waals surface area contributed by atoms with Crippen LogP contribution in [0.2, 0.25) is 0 Å². The van der Waals surface area contributed by atoms with Crippen molar-refractivity contribution in [2.45, 2.75) is 0 Å². The maximum atomic E-state index is 9.47. The standard InChI is InChI=1S/C14H12N2O2.Cd/c17-13-7-3-1-5-11(13)15-9-10-16-12-6-2-4-8-14(12)18;/h1-10,17-18H;/q;+2. The van der Waals surface area contributed by atoms with Gasteiger partial charge in [-0.3, -0.25) is 9.98 Å². The van der Waals surface area contributed by atoms with E-state index >= 15 is 0 Å². The number of phenolic OH excluding ortho intramolecular Hbond substituents is 2. The normalized spacial score (nSPS) is 10.7. The first-order chi connectivity index (χ1) is 8.77. The number of nitrogens with zero attached hydrogens (tertiary/aromatic N) is 2. The monoisotopic (exact) mass is 354 g/mol. The molecule has 0 aliphatic heterocycles. The summed E-state index contributed by atoms with van der Waals surface area (Å²) >= 11 is 0. The number of para-hydroxylation sites is 4. The number of aliphatic imine (C=N–C) groups is 2. The topological polar surface area (TPSA) is 65.2 Å². The molecule has 19 heavy (non-hydrogen) atoms. The van der Waals surface area contributed by atoms with Crippen molar-refractivity contribution in [1.29, 1.82) is 0 Å². The van der Waals surface area contributed by atoms with Crippen LogP contribution < -0.4 is 0 Å². The van der Waals surface area contributed by atoms with Crippen LogP contribution in [0.25, 0.3) is 0 Å². The maximum absolute atomic E-state index is 9.47. The molecule has 0 aromatic heterocycles. The minimum absolute atomic E-state index is 0. The van der Waals surface area contributed by atoms with Gasteiger partial charge in [0.2, 0.25) is 0 Å². The first-order valence-corrected chi connectivity index (χ1v) is 5.40. The SMILES string of the molecule is Oc1ccccc1N=CC=Nc1ccccc1O.[Cd+2]. The van der Waals surface area contributed by atoms with Gasteiger partial charge < -0.3 is 10.2 Å². The molecule has 0 saturated carbocycles. The first kappa shape index (κ1) is 15.4. The van der Waals surface area contributed by atoms with Gasteiger partial charge in [0, 0.05) is 12.4 Å². The smallest absolute Gasteiger partial charge is 0.506 e. The predicted molar refractivity (Wildman–Crippen MR) is 72.5 cm³/mol. The number of hydrogen-bond donors (Lipinski definition) is 2. The van der Waals surface area contributed by atoms with Crippen molar-refractivity contribution in [2.24, 2.45) is 9.98 Å². The molecule has 2 aromatic rings. The Kier molecular flexibility index (Phi) is 6.20. The van der Waals surface area contributed by atoms with Crippen LogP contribution in [0.3, 0.4) is 0 Å². The molecule has 0 heterocycles. The van der Waals surface area contributed by atoms with Crippen LogP contribution in [-0.4, -0.2) is 22.6 Å².